The van der Waals surface area contributed by atoms with Crippen molar-refractivity contribution in [3.8, 4) is 0 Å². The minimum absolute atomic E-state index is 0.0480. The molecule has 5 heteroatoms. The number of hydrogen-bond acceptors (Lipinski definition) is 2. The fourth-order valence-electron chi connectivity index (χ4n) is 1.53. The van der Waals surface area contributed by atoms with E-state index in [1.165, 1.54) is 0 Å². The van der Waals surface area contributed by atoms with E-state index in [4.69, 9.17) is 27.6 Å². The van der Waals surface area contributed by atoms with Crippen LogP contribution in [0.4, 0.5) is 0 Å². The zero-order valence-corrected chi connectivity index (χ0v) is 11.6. The van der Waals surface area contributed by atoms with E-state index in [0.717, 1.165) is 12.8 Å². The lowest BCUT2D eigenvalue weighted by Gasteiger charge is -2.29. The Hall–Kier alpha value is -0.670. The minimum atomic E-state index is -0.256. The second kappa shape index (κ2) is 6.31. The molecular weight excluding hydrogens is 261 g/mol. The lowest BCUT2D eigenvalue weighted by Crippen LogP contribution is -2.38. The zero-order chi connectivity index (χ0) is 12.9. The van der Waals surface area contributed by atoms with Crippen LogP contribution in [0.3, 0.4) is 0 Å². The number of carbonyl (C=O) groups excluding carboxylic acids is 1. The predicted octanol–water partition coefficient (Wildman–Crippen LogP) is 3.71. The quantitative estimate of drug-likeness (QED) is 0.806. The number of furan rings is 1. The summed E-state index contributed by atoms with van der Waals surface area (Å²) in [7, 11) is 0. The van der Waals surface area contributed by atoms with Gasteiger partial charge in [0.2, 0.25) is 0 Å². The van der Waals surface area contributed by atoms with Crippen molar-refractivity contribution in [2.45, 2.75) is 26.7 Å². The van der Waals surface area contributed by atoms with Gasteiger partial charge in [-0.1, -0.05) is 13.8 Å². The molecule has 17 heavy (non-hydrogen) atoms. The smallest absolute Gasteiger partial charge is 0.287 e. The average molecular weight is 278 g/mol. The molecule has 1 heterocycles. The molecule has 0 aliphatic rings. The molecule has 1 N–H and O–H groups in total. The Morgan fingerprint density at radius 1 is 1.41 bits per heavy atom. The molecule has 0 bridgehead atoms. The Kier molecular flexibility index (Phi) is 5.34. The van der Waals surface area contributed by atoms with E-state index >= 15 is 0 Å². The zero-order valence-electron chi connectivity index (χ0n) is 10.1. The van der Waals surface area contributed by atoms with Gasteiger partial charge in [-0.25, -0.2) is 0 Å². The van der Waals surface area contributed by atoms with E-state index in [1.807, 2.05) is 0 Å². The maximum atomic E-state index is 11.7. The summed E-state index contributed by atoms with van der Waals surface area (Å²) in [5.41, 5.74) is -0.0480. The van der Waals surface area contributed by atoms with Crippen LogP contribution in [0, 0.1) is 5.41 Å². The first-order valence-electron chi connectivity index (χ1n) is 5.66. The summed E-state index contributed by atoms with van der Waals surface area (Å²) in [6.45, 7) is 4.68. The molecule has 1 aromatic rings. The molecule has 3 nitrogen and oxygen atoms in total. The average Bonchev–Trinajstić information content (AvgIpc) is 2.78. The molecule has 1 amide bonds. The van der Waals surface area contributed by atoms with Crippen molar-refractivity contribution in [1.29, 1.82) is 0 Å². The highest BCUT2D eigenvalue weighted by atomic mass is 35.5. The lowest BCUT2D eigenvalue weighted by atomic mass is 9.84. The summed E-state index contributed by atoms with van der Waals surface area (Å²) in [5.74, 6) is 0.498. The van der Waals surface area contributed by atoms with Crippen LogP contribution in [-0.4, -0.2) is 18.3 Å². The normalized spacial score (nSPS) is 11.5. The molecule has 96 valence electrons. The molecule has 0 aromatic carbocycles. The monoisotopic (exact) mass is 277 g/mol. The van der Waals surface area contributed by atoms with Crippen molar-refractivity contribution in [3.63, 3.8) is 0 Å². The first-order chi connectivity index (χ1) is 8.06. The van der Waals surface area contributed by atoms with Gasteiger partial charge in [0.15, 0.2) is 11.0 Å². The van der Waals surface area contributed by atoms with Crippen molar-refractivity contribution >= 4 is 29.1 Å². The van der Waals surface area contributed by atoms with Gasteiger partial charge in [0.05, 0.1) is 0 Å². The molecule has 0 unspecified atom stereocenters. The van der Waals surface area contributed by atoms with Crippen molar-refractivity contribution in [2.24, 2.45) is 5.41 Å². The van der Waals surface area contributed by atoms with Crippen LogP contribution in [0.15, 0.2) is 16.5 Å². The summed E-state index contributed by atoms with van der Waals surface area (Å²) in [4.78, 5) is 11.7. The lowest BCUT2D eigenvalue weighted by molar-refractivity contribution is 0.0904. The van der Waals surface area contributed by atoms with Gasteiger partial charge in [-0.3, -0.25) is 4.79 Å². The van der Waals surface area contributed by atoms with E-state index in [1.54, 1.807) is 12.1 Å². The molecule has 0 saturated heterocycles. The van der Waals surface area contributed by atoms with E-state index in [-0.39, 0.29) is 22.3 Å². The largest absolute Gasteiger partial charge is 0.440 e. The Morgan fingerprint density at radius 2 is 2.06 bits per heavy atom. The molecule has 0 atom stereocenters. The van der Waals surface area contributed by atoms with Crippen LogP contribution in [0.2, 0.25) is 5.22 Å². The third-order valence-electron chi connectivity index (χ3n) is 3.20. The first-order valence-corrected chi connectivity index (χ1v) is 6.57. The second-order valence-electron chi connectivity index (χ2n) is 4.13. The van der Waals surface area contributed by atoms with E-state index < -0.39 is 0 Å². The number of amides is 1. The SMILES string of the molecule is CCC(CC)(CCl)CNC(=O)c1ccc(Cl)o1. The van der Waals surface area contributed by atoms with Gasteiger partial charge in [0, 0.05) is 17.8 Å². The van der Waals surface area contributed by atoms with Gasteiger partial charge >= 0.3 is 0 Å². The summed E-state index contributed by atoms with van der Waals surface area (Å²) < 4.78 is 5.03. The number of rotatable bonds is 6. The van der Waals surface area contributed by atoms with E-state index in [0.29, 0.717) is 12.4 Å². The van der Waals surface area contributed by atoms with Gasteiger partial charge in [-0.2, -0.15) is 0 Å². The van der Waals surface area contributed by atoms with Crippen molar-refractivity contribution < 1.29 is 9.21 Å². The van der Waals surface area contributed by atoms with Crippen molar-refractivity contribution in [1.82, 2.24) is 5.32 Å². The van der Waals surface area contributed by atoms with Gasteiger partial charge in [0.1, 0.15) is 0 Å². The molecule has 1 aromatic heterocycles. The molecular formula is C12H17Cl2NO2. The number of halogens is 2. The third-order valence-corrected chi connectivity index (χ3v) is 3.97. The highest BCUT2D eigenvalue weighted by Gasteiger charge is 2.26. The maximum Gasteiger partial charge on any atom is 0.287 e. The van der Waals surface area contributed by atoms with Crippen molar-refractivity contribution in [3.05, 3.63) is 23.1 Å². The standard InChI is InChI=1S/C12H17Cl2NO2/c1-3-12(4-2,7-13)8-15-11(16)9-5-6-10(14)17-9/h5-6H,3-4,7-8H2,1-2H3,(H,15,16). The predicted molar refractivity (Wildman–Crippen MR) is 69.8 cm³/mol. The summed E-state index contributed by atoms with van der Waals surface area (Å²) in [6, 6.07) is 3.10. The third kappa shape index (κ3) is 3.65. The van der Waals surface area contributed by atoms with Gasteiger partial charge in [0.25, 0.3) is 5.91 Å². The summed E-state index contributed by atoms with van der Waals surface area (Å²) >= 11 is 11.6. The van der Waals surface area contributed by atoms with Crippen LogP contribution < -0.4 is 5.32 Å². The number of hydrogen-bond donors (Lipinski definition) is 1. The Bertz CT molecular complexity index is 364. The number of carbonyl (C=O) groups is 1. The Labute approximate surface area is 111 Å². The molecule has 0 saturated carbocycles. The summed E-state index contributed by atoms with van der Waals surface area (Å²) in [5, 5.41) is 3.04. The van der Waals surface area contributed by atoms with Crippen LogP contribution in [-0.2, 0) is 0 Å². The number of nitrogens with one attached hydrogen (secondary N) is 1. The van der Waals surface area contributed by atoms with Crippen LogP contribution in [0.5, 0.6) is 0 Å². The van der Waals surface area contributed by atoms with E-state index in [2.05, 4.69) is 19.2 Å². The van der Waals surface area contributed by atoms with Crippen molar-refractivity contribution in [2.75, 3.05) is 12.4 Å². The Morgan fingerprint density at radius 3 is 2.47 bits per heavy atom. The minimum Gasteiger partial charge on any atom is -0.440 e. The fourth-order valence-corrected chi connectivity index (χ4v) is 2.15. The number of alkyl halides is 1. The molecule has 0 fully saturated rings. The summed E-state index contributed by atoms with van der Waals surface area (Å²) in [6.07, 6.45) is 1.85. The molecule has 0 radical (unpaired) electrons. The van der Waals surface area contributed by atoms with Gasteiger partial charge in [-0.05, 0) is 36.6 Å². The fraction of sp³-hybridized carbons (Fsp3) is 0.583. The second-order valence-corrected chi connectivity index (χ2v) is 4.77. The van der Waals surface area contributed by atoms with Gasteiger partial charge in [-0.15, -0.1) is 11.6 Å². The van der Waals surface area contributed by atoms with Crippen LogP contribution in [0.25, 0.3) is 0 Å². The molecule has 1 rings (SSSR count). The van der Waals surface area contributed by atoms with Gasteiger partial charge < -0.3 is 9.73 Å². The highest BCUT2D eigenvalue weighted by Crippen LogP contribution is 2.27. The Balaban J connectivity index is 2.58. The van der Waals surface area contributed by atoms with Crippen LogP contribution >= 0.6 is 23.2 Å². The van der Waals surface area contributed by atoms with Crippen LogP contribution in [0.1, 0.15) is 37.2 Å². The highest BCUT2D eigenvalue weighted by molar-refractivity contribution is 6.29. The topological polar surface area (TPSA) is 42.2 Å². The molecule has 0 aliphatic carbocycles. The molecule has 0 spiro atoms. The maximum absolute atomic E-state index is 11.7. The first kappa shape index (κ1) is 14.4. The molecule has 0 aliphatic heterocycles. The van der Waals surface area contributed by atoms with E-state index in [9.17, 15) is 4.79 Å².